The third-order valence-corrected chi connectivity index (χ3v) is 5.88. The molecule has 0 heterocycles. The molecule has 0 aliphatic heterocycles. The highest BCUT2D eigenvalue weighted by atomic mass is 32.2. The van der Waals surface area contributed by atoms with Crippen LogP contribution in [-0.4, -0.2) is 41.9 Å². The van der Waals surface area contributed by atoms with Crippen LogP contribution in [0.4, 0.5) is 0 Å². The van der Waals surface area contributed by atoms with Gasteiger partial charge in [0.05, 0.1) is 15.5 Å². The van der Waals surface area contributed by atoms with Crippen molar-refractivity contribution in [3.63, 3.8) is 0 Å². The van der Waals surface area contributed by atoms with Crippen LogP contribution in [0.1, 0.15) is 20.3 Å². The first kappa shape index (κ1) is 18.1. The van der Waals surface area contributed by atoms with E-state index in [1.165, 1.54) is 24.3 Å². The monoisotopic (exact) mass is 333 g/mol. The van der Waals surface area contributed by atoms with Crippen LogP contribution in [0.5, 0.6) is 0 Å². The lowest BCUT2D eigenvalue weighted by Gasteiger charge is -2.08. The van der Waals surface area contributed by atoms with Crippen LogP contribution in [0.25, 0.3) is 0 Å². The predicted octanol–water partition coefficient (Wildman–Crippen LogP) is 1.50. The quantitative estimate of drug-likeness (QED) is 0.729. The summed E-state index contributed by atoms with van der Waals surface area (Å²) in [6.07, 6.45) is 1.62. The minimum Gasteiger partial charge on any atom is -0.316 e. The maximum Gasteiger partial charge on any atom is 0.178 e. The van der Waals surface area contributed by atoms with Crippen LogP contribution in [0.3, 0.4) is 0 Å². The molecule has 0 spiro atoms. The van der Waals surface area contributed by atoms with Gasteiger partial charge in [0.15, 0.2) is 19.7 Å². The van der Waals surface area contributed by atoms with E-state index in [-0.39, 0.29) is 15.5 Å². The maximum atomic E-state index is 12.1. The molecule has 0 amide bonds. The number of sulfone groups is 2. The molecule has 1 rings (SSSR count). The Morgan fingerprint density at radius 1 is 1.00 bits per heavy atom. The number of hydrogen-bond acceptors (Lipinski definition) is 5. The van der Waals surface area contributed by atoms with Gasteiger partial charge in [0.25, 0.3) is 0 Å². The van der Waals surface area contributed by atoms with Crippen molar-refractivity contribution in [2.75, 3.05) is 25.1 Å². The summed E-state index contributed by atoms with van der Waals surface area (Å²) in [6.45, 7) is 5.70. The van der Waals surface area contributed by atoms with Gasteiger partial charge in [-0.05, 0) is 49.7 Å². The summed E-state index contributed by atoms with van der Waals surface area (Å²) in [5, 5.41) is 3.19. The van der Waals surface area contributed by atoms with Gasteiger partial charge in [0, 0.05) is 6.26 Å². The van der Waals surface area contributed by atoms with E-state index in [0.29, 0.717) is 18.9 Å². The Morgan fingerprint density at radius 2 is 1.52 bits per heavy atom. The molecule has 0 saturated carbocycles. The van der Waals surface area contributed by atoms with E-state index in [1.807, 2.05) is 0 Å². The fourth-order valence-electron chi connectivity index (χ4n) is 1.79. The molecule has 5 nitrogen and oxygen atoms in total. The smallest absolute Gasteiger partial charge is 0.178 e. The van der Waals surface area contributed by atoms with Gasteiger partial charge in [0.1, 0.15) is 0 Å². The zero-order valence-electron chi connectivity index (χ0n) is 12.7. The van der Waals surface area contributed by atoms with Crippen molar-refractivity contribution in [1.29, 1.82) is 0 Å². The SMILES string of the molecule is CC(C)CNCCCS(=O)(=O)c1ccc(S(C)(=O)=O)cc1. The van der Waals surface area contributed by atoms with Gasteiger partial charge in [-0.3, -0.25) is 0 Å². The lowest BCUT2D eigenvalue weighted by Crippen LogP contribution is -2.22. The first-order valence-corrected chi connectivity index (χ1v) is 10.4. The Morgan fingerprint density at radius 3 is 2.00 bits per heavy atom. The third-order valence-electron chi connectivity index (χ3n) is 2.93. The molecule has 0 atom stereocenters. The summed E-state index contributed by atoms with van der Waals surface area (Å²) >= 11 is 0. The first-order chi connectivity index (χ1) is 9.63. The van der Waals surface area contributed by atoms with Crippen molar-refractivity contribution < 1.29 is 16.8 Å². The summed E-state index contributed by atoms with van der Waals surface area (Å²) < 4.78 is 46.9. The molecule has 0 bridgehead atoms. The molecular formula is C14H23NO4S2. The molecule has 0 saturated heterocycles. The van der Waals surface area contributed by atoms with Gasteiger partial charge in [-0.1, -0.05) is 13.8 Å². The highest BCUT2D eigenvalue weighted by Gasteiger charge is 2.15. The van der Waals surface area contributed by atoms with Crippen molar-refractivity contribution in [3.05, 3.63) is 24.3 Å². The minimum atomic E-state index is -3.36. The molecule has 0 fully saturated rings. The highest BCUT2D eigenvalue weighted by molar-refractivity contribution is 7.91. The number of benzene rings is 1. The highest BCUT2D eigenvalue weighted by Crippen LogP contribution is 2.16. The summed E-state index contributed by atoms with van der Waals surface area (Å²) in [5.74, 6) is 0.584. The Labute approximate surface area is 127 Å². The summed E-state index contributed by atoms with van der Waals surface area (Å²) in [5.41, 5.74) is 0. The van der Waals surface area contributed by atoms with E-state index < -0.39 is 19.7 Å². The van der Waals surface area contributed by atoms with Crippen LogP contribution >= 0.6 is 0 Å². The standard InChI is InChI=1S/C14H23NO4S2/c1-12(2)11-15-9-4-10-21(18,19)14-7-5-13(6-8-14)20(3,16)17/h5-8,12,15H,4,9-11H2,1-3H3. The minimum absolute atomic E-state index is 0.0519. The largest absolute Gasteiger partial charge is 0.316 e. The number of rotatable bonds is 8. The molecule has 1 N–H and O–H groups in total. The van der Waals surface area contributed by atoms with Crippen LogP contribution < -0.4 is 5.32 Å². The van der Waals surface area contributed by atoms with Crippen molar-refractivity contribution >= 4 is 19.7 Å². The molecule has 0 aliphatic carbocycles. The van der Waals surface area contributed by atoms with Crippen molar-refractivity contribution in [1.82, 2.24) is 5.32 Å². The van der Waals surface area contributed by atoms with Crippen molar-refractivity contribution in [2.45, 2.75) is 30.1 Å². The Hall–Kier alpha value is -0.920. The van der Waals surface area contributed by atoms with Crippen molar-refractivity contribution in [2.24, 2.45) is 5.92 Å². The Bertz CT molecular complexity index is 647. The van der Waals surface area contributed by atoms with Gasteiger partial charge in [0.2, 0.25) is 0 Å². The van der Waals surface area contributed by atoms with E-state index >= 15 is 0 Å². The van der Waals surface area contributed by atoms with Gasteiger partial charge in [-0.25, -0.2) is 16.8 Å². The summed E-state index contributed by atoms with van der Waals surface area (Å²) in [6, 6.07) is 5.37. The second kappa shape index (κ2) is 7.38. The number of hydrogen-bond donors (Lipinski definition) is 1. The molecule has 0 radical (unpaired) electrons. The normalized spacial score (nSPS) is 12.8. The molecule has 0 unspecified atom stereocenters. The molecule has 120 valence electrons. The van der Waals surface area contributed by atoms with E-state index in [2.05, 4.69) is 19.2 Å². The molecule has 1 aromatic rings. The van der Waals surface area contributed by atoms with Gasteiger partial charge >= 0.3 is 0 Å². The first-order valence-electron chi connectivity index (χ1n) is 6.86. The van der Waals surface area contributed by atoms with Crippen LogP contribution in [-0.2, 0) is 19.7 Å². The average molecular weight is 333 g/mol. The predicted molar refractivity (Wildman–Crippen MR) is 83.9 cm³/mol. The molecule has 7 heteroatoms. The fraction of sp³-hybridized carbons (Fsp3) is 0.571. The van der Waals surface area contributed by atoms with Crippen LogP contribution in [0, 0.1) is 5.92 Å². The van der Waals surface area contributed by atoms with E-state index in [4.69, 9.17) is 0 Å². The van der Waals surface area contributed by atoms with Gasteiger partial charge in [-0.15, -0.1) is 0 Å². The summed E-state index contributed by atoms with van der Waals surface area (Å²) in [7, 11) is -6.66. The average Bonchev–Trinajstić information content (AvgIpc) is 2.37. The maximum absolute atomic E-state index is 12.1. The van der Waals surface area contributed by atoms with E-state index in [9.17, 15) is 16.8 Å². The van der Waals surface area contributed by atoms with Crippen LogP contribution in [0.15, 0.2) is 34.1 Å². The lowest BCUT2D eigenvalue weighted by molar-refractivity contribution is 0.546. The van der Waals surface area contributed by atoms with Gasteiger partial charge < -0.3 is 5.32 Å². The summed E-state index contributed by atoms with van der Waals surface area (Å²) in [4.78, 5) is 0.291. The Balaban J connectivity index is 2.63. The fourth-order valence-corrected chi connectivity index (χ4v) is 3.73. The zero-order chi connectivity index (χ0) is 16.1. The topological polar surface area (TPSA) is 80.3 Å². The van der Waals surface area contributed by atoms with E-state index in [1.54, 1.807) is 0 Å². The van der Waals surface area contributed by atoms with E-state index in [0.717, 1.165) is 12.8 Å². The second-order valence-corrected chi connectivity index (χ2v) is 9.64. The number of nitrogens with one attached hydrogen (secondary N) is 1. The molecule has 1 aromatic carbocycles. The molecule has 0 aliphatic rings. The molecule has 21 heavy (non-hydrogen) atoms. The lowest BCUT2D eigenvalue weighted by atomic mass is 10.2. The zero-order valence-corrected chi connectivity index (χ0v) is 14.3. The second-order valence-electron chi connectivity index (χ2n) is 5.51. The third kappa shape index (κ3) is 6.15. The molecular weight excluding hydrogens is 310 g/mol. The Kier molecular flexibility index (Phi) is 6.37. The molecule has 0 aromatic heterocycles. The van der Waals surface area contributed by atoms with Gasteiger partial charge in [-0.2, -0.15) is 0 Å². The van der Waals surface area contributed by atoms with Crippen LogP contribution in [0.2, 0.25) is 0 Å². The van der Waals surface area contributed by atoms with Crippen molar-refractivity contribution in [3.8, 4) is 0 Å².